The van der Waals surface area contributed by atoms with E-state index in [1.54, 1.807) is 0 Å². The minimum absolute atomic E-state index is 0.657. The average Bonchev–Trinajstić information content (AvgIpc) is 2.05. The Morgan fingerprint density at radius 3 is 2.60 bits per heavy atom. The third-order valence-electron chi connectivity index (χ3n) is 1.16. The Labute approximate surface area is 59.9 Å². The van der Waals surface area contributed by atoms with Crippen molar-refractivity contribution in [2.75, 3.05) is 18.5 Å². The molecule has 0 aliphatic rings. The van der Waals surface area contributed by atoms with Gasteiger partial charge in [0.2, 0.25) is 5.95 Å². The van der Waals surface area contributed by atoms with Crippen LogP contribution in [0.3, 0.4) is 0 Å². The molecule has 0 bridgehead atoms. The molecule has 0 saturated carbocycles. The molecule has 0 unspecified atom stereocenters. The summed E-state index contributed by atoms with van der Waals surface area (Å²) in [6, 6.07) is 0. The molecule has 1 radical (unpaired) electrons. The molecule has 0 aliphatic carbocycles. The van der Waals surface area contributed by atoms with Crippen LogP contribution in [-0.2, 0) is 0 Å². The van der Waals surface area contributed by atoms with Crippen molar-refractivity contribution in [1.29, 1.82) is 0 Å². The molecule has 1 rings (SSSR count). The molecule has 0 N–H and O–H groups in total. The molecule has 1 aromatic rings. The molecule has 0 aliphatic heterocycles. The molecule has 0 saturated heterocycles. The predicted molar refractivity (Wildman–Crippen MR) is 38.5 cm³/mol. The second-order valence-corrected chi connectivity index (χ2v) is 1.86. The molecule has 4 nitrogen and oxygen atoms in total. The Hall–Kier alpha value is -1.19. The van der Waals surface area contributed by atoms with Crippen molar-refractivity contribution in [3.05, 3.63) is 19.6 Å². The molecule has 0 aromatic carbocycles. The first-order chi connectivity index (χ1) is 4.84. The second-order valence-electron chi connectivity index (χ2n) is 1.86. The van der Waals surface area contributed by atoms with Crippen molar-refractivity contribution < 1.29 is 0 Å². The maximum absolute atomic E-state index is 3.91. The summed E-state index contributed by atoms with van der Waals surface area (Å²) in [5, 5.41) is 0. The quantitative estimate of drug-likeness (QED) is 0.581. The topological polar surface area (TPSA) is 41.9 Å². The highest BCUT2D eigenvalue weighted by molar-refractivity contribution is 5.25. The Balaban J connectivity index is 2.75. The molecule has 1 heterocycles. The fourth-order valence-corrected chi connectivity index (χ4v) is 0.530. The third kappa shape index (κ3) is 1.40. The highest BCUT2D eigenvalue weighted by Crippen LogP contribution is 1.97. The van der Waals surface area contributed by atoms with Crippen molar-refractivity contribution in [2.24, 2.45) is 0 Å². The molecule has 4 heteroatoms. The zero-order valence-corrected chi connectivity index (χ0v) is 5.86. The van der Waals surface area contributed by atoms with Crippen LogP contribution in [0.5, 0.6) is 0 Å². The minimum Gasteiger partial charge on any atom is -0.344 e. The van der Waals surface area contributed by atoms with Crippen LogP contribution < -0.4 is 4.90 Å². The molecule has 0 spiro atoms. The van der Waals surface area contributed by atoms with Gasteiger partial charge in [-0.05, 0) is 6.92 Å². The lowest BCUT2D eigenvalue weighted by atomic mass is 10.6. The Morgan fingerprint density at radius 2 is 2.10 bits per heavy atom. The summed E-state index contributed by atoms with van der Waals surface area (Å²) in [6.45, 7) is 4.34. The first-order valence-electron chi connectivity index (χ1n) is 2.97. The van der Waals surface area contributed by atoms with Crippen LogP contribution in [0.4, 0.5) is 5.95 Å². The zero-order valence-electron chi connectivity index (χ0n) is 5.86. The van der Waals surface area contributed by atoms with Gasteiger partial charge in [-0.25, -0.2) is 15.0 Å². The van der Waals surface area contributed by atoms with Crippen LogP contribution >= 0.6 is 0 Å². The largest absolute Gasteiger partial charge is 0.344 e. The number of anilines is 1. The monoisotopic (exact) mass is 137 g/mol. The maximum atomic E-state index is 3.91. The van der Waals surface area contributed by atoms with E-state index in [-0.39, 0.29) is 0 Å². The van der Waals surface area contributed by atoms with Crippen molar-refractivity contribution in [2.45, 2.75) is 0 Å². The second kappa shape index (κ2) is 3.10. The van der Waals surface area contributed by atoms with E-state index in [9.17, 15) is 0 Å². The number of aromatic nitrogens is 3. The van der Waals surface area contributed by atoms with Gasteiger partial charge < -0.3 is 4.90 Å². The fourth-order valence-electron chi connectivity index (χ4n) is 0.530. The molecular formula is C6H9N4. The summed E-state index contributed by atoms with van der Waals surface area (Å²) in [4.78, 5) is 13.4. The standard InChI is InChI=1S/C6H9N4/c1-3-10(2)6-8-4-7-5-9-6/h4-5H,1,3H2,2H3. The highest BCUT2D eigenvalue weighted by Gasteiger charge is 1.97. The molecule has 53 valence electrons. The van der Waals surface area contributed by atoms with Crippen molar-refractivity contribution >= 4 is 5.95 Å². The van der Waals surface area contributed by atoms with E-state index >= 15 is 0 Å². The van der Waals surface area contributed by atoms with Crippen molar-refractivity contribution in [1.82, 2.24) is 15.0 Å². The lowest BCUT2D eigenvalue weighted by molar-refractivity contribution is 0.912. The molecular weight excluding hydrogens is 128 g/mol. The van der Waals surface area contributed by atoms with E-state index in [0.717, 1.165) is 0 Å². The Kier molecular flexibility index (Phi) is 2.15. The predicted octanol–water partition coefficient (Wildman–Crippen LogP) is 0.142. The molecule has 0 atom stereocenters. The first kappa shape index (κ1) is 6.92. The van der Waals surface area contributed by atoms with Crippen LogP contribution in [0, 0.1) is 6.92 Å². The summed E-state index contributed by atoms with van der Waals surface area (Å²) in [6.07, 6.45) is 2.93. The third-order valence-corrected chi connectivity index (χ3v) is 1.16. The van der Waals surface area contributed by atoms with Gasteiger partial charge in [0, 0.05) is 13.6 Å². The van der Waals surface area contributed by atoms with Gasteiger partial charge in [-0.2, -0.15) is 0 Å². The van der Waals surface area contributed by atoms with Gasteiger partial charge in [-0.1, -0.05) is 0 Å². The van der Waals surface area contributed by atoms with Crippen LogP contribution in [0.1, 0.15) is 0 Å². The lowest BCUT2D eigenvalue weighted by Crippen LogP contribution is -2.18. The van der Waals surface area contributed by atoms with Gasteiger partial charge in [0.05, 0.1) is 0 Å². The maximum Gasteiger partial charge on any atom is 0.228 e. The van der Waals surface area contributed by atoms with E-state index in [1.165, 1.54) is 12.7 Å². The first-order valence-corrected chi connectivity index (χ1v) is 2.97. The summed E-state index contributed by atoms with van der Waals surface area (Å²) in [7, 11) is 1.88. The summed E-state index contributed by atoms with van der Waals surface area (Å²) in [5.74, 6) is 0.657. The molecule has 1 aromatic heterocycles. The normalized spacial score (nSPS) is 9.40. The van der Waals surface area contributed by atoms with Gasteiger partial charge >= 0.3 is 0 Å². The summed E-state index contributed by atoms with van der Waals surface area (Å²) < 4.78 is 0. The van der Waals surface area contributed by atoms with Gasteiger partial charge in [0.25, 0.3) is 0 Å². The lowest BCUT2D eigenvalue weighted by Gasteiger charge is -2.11. The zero-order chi connectivity index (χ0) is 7.40. The van der Waals surface area contributed by atoms with Crippen LogP contribution in [0.25, 0.3) is 0 Å². The minimum atomic E-state index is 0.657. The summed E-state index contributed by atoms with van der Waals surface area (Å²) >= 11 is 0. The smallest absolute Gasteiger partial charge is 0.228 e. The van der Waals surface area contributed by atoms with E-state index < -0.39 is 0 Å². The average molecular weight is 137 g/mol. The number of hydrogen-bond donors (Lipinski definition) is 0. The van der Waals surface area contributed by atoms with Crippen molar-refractivity contribution in [3.63, 3.8) is 0 Å². The van der Waals surface area contributed by atoms with Crippen molar-refractivity contribution in [3.8, 4) is 0 Å². The van der Waals surface area contributed by atoms with Gasteiger partial charge in [0.1, 0.15) is 12.7 Å². The molecule has 0 amide bonds. The number of nitrogens with zero attached hydrogens (tertiary/aromatic N) is 4. The van der Waals surface area contributed by atoms with Gasteiger partial charge in [-0.15, -0.1) is 0 Å². The van der Waals surface area contributed by atoms with Crippen LogP contribution in [0.2, 0.25) is 0 Å². The molecule has 10 heavy (non-hydrogen) atoms. The SMILES string of the molecule is [CH2]CN(C)c1ncncn1. The van der Waals surface area contributed by atoms with E-state index in [0.29, 0.717) is 12.5 Å². The van der Waals surface area contributed by atoms with E-state index in [2.05, 4.69) is 21.9 Å². The van der Waals surface area contributed by atoms with Gasteiger partial charge in [-0.3, -0.25) is 0 Å². The van der Waals surface area contributed by atoms with E-state index in [1.807, 2.05) is 11.9 Å². The Morgan fingerprint density at radius 1 is 1.50 bits per heavy atom. The molecule has 0 fully saturated rings. The van der Waals surface area contributed by atoms with Crippen LogP contribution in [0.15, 0.2) is 12.7 Å². The highest BCUT2D eigenvalue weighted by atomic mass is 15.2. The number of hydrogen-bond acceptors (Lipinski definition) is 4. The van der Waals surface area contributed by atoms with E-state index in [4.69, 9.17) is 0 Å². The fraction of sp³-hybridized carbons (Fsp3) is 0.333. The Bertz CT molecular complexity index is 186. The summed E-state index contributed by atoms with van der Waals surface area (Å²) in [5.41, 5.74) is 0. The number of rotatable bonds is 2. The van der Waals surface area contributed by atoms with Gasteiger partial charge in [0.15, 0.2) is 0 Å². The van der Waals surface area contributed by atoms with Crippen LogP contribution in [-0.4, -0.2) is 28.5 Å².